The minimum absolute atomic E-state index is 0.0383. The monoisotopic (exact) mass is 374 g/mol. The van der Waals surface area contributed by atoms with Crippen LogP contribution in [0.3, 0.4) is 0 Å². The fraction of sp³-hybridized carbons (Fsp3) is 0.350. The van der Waals surface area contributed by atoms with Crippen molar-refractivity contribution in [3.63, 3.8) is 0 Å². The summed E-state index contributed by atoms with van der Waals surface area (Å²) < 4.78 is 0. The van der Waals surface area contributed by atoms with Gasteiger partial charge in [0, 0.05) is 35.7 Å². The molecule has 3 rings (SSSR count). The number of nitrogens with zero attached hydrogens (tertiary/aromatic N) is 1. The fourth-order valence-electron chi connectivity index (χ4n) is 3.03. The van der Waals surface area contributed by atoms with Crippen LogP contribution in [0.4, 0.5) is 4.79 Å². The standard InChI is InChI=1S/C20H23ClN2OS/c21-18-9-5-4-8-17(18)19-11-13-23(14-15-25-19)20(24)22-12-10-16-6-2-1-3-7-16/h1-9,19H,10-15H2,(H,22,24). The van der Waals surface area contributed by atoms with Crippen LogP contribution in [-0.4, -0.2) is 36.3 Å². The first-order valence-corrected chi connectivity index (χ1v) is 10.1. The zero-order chi connectivity index (χ0) is 17.5. The van der Waals surface area contributed by atoms with E-state index >= 15 is 0 Å². The van der Waals surface area contributed by atoms with Gasteiger partial charge in [-0.15, -0.1) is 0 Å². The second-order valence-corrected chi connectivity index (χ2v) is 7.84. The molecule has 2 amide bonds. The van der Waals surface area contributed by atoms with E-state index in [-0.39, 0.29) is 6.03 Å². The SMILES string of the molecule is O=C(NCCc1ccccc1)N1CCSC(c2ccccc2Cl)CC1. The van der Waals surface area contributed by atoms with Gasteiger partial charge in [-0.1, -0.05) is 60.1 Å². The van der Waals surface area contributed by atoms with Crippen molar-refractivity contribution in [2.75, 3.05) is 25.4 Å². The summed E-state index contributed by atoms with van der Waals surface area (Å²) >= 11 is 8.22. The molecule has 3 nitrogen and oxygen atoms in total. The highest BCUT2D eigenvalue weighted by Crippen LogP contribution is 2.37. The molecule has 1 heterocycles. The van der Waals surface area contributed by atoms with Crippen molar-refractivity contribution >= 4 is 29.4 Å². The van der Waals surface area contributed by atoms with E-state index in [1.165, 1.54) is 11.1 Å². The third-order valence-corrected chi connectivity index (χ3v) is 6.07. The summed E-state index contributed by atoms with van der Waals surface area (Å²) in [6, 6.07) is 18.3. The maximum absolute atomic E-state index is 12.4. The molecule has 1 N–H and O–H groups in total. The highest BCUT2D eigenvalue weighted by molar-refractivity contribution is 7.99. The lowest BCUT2D eigenvalue weighted by molar-refractivity contribution is 0.201. The van der Waals surface area contributed by atoms with Gasteiger partial charge in [0.15, 0.2) is 0 Å². The number of carbonyl (C=O) groups excluding carboxylic acids is 1. The number of amides is 2. The van der Waals surface area contributed by atoms with Crippen molar-refractivity contribution in [3.8, 4) is 0 Å². The van der Waals surface area contributed by atoms with Crippen LogP contribution in [0.15, 0.2) is 54.6 Å². The van der Waals surface area contributed by atoms with Crippen LogP contribution in [0.25, 0.3) is 0 Å². The summed E-state index contributed by atoms with van der Waals surface area (Å²) in [6.45, 7) is 2.21. The normalized spacial score (nSPS) is 17.8. The molecule has 0 spiro atoms. The van der Waals surface area contributed by atoms with Crippen molar-refractivity contribution in [1.82, 2.24) is 10.2 Å². The molecule has 0 aliphatic carbocycles. The molecular weight excluding hydrogens is 352 g/mol. The lowest BCUT2D eigenvalue weighted by atomic mass is 10.1. The first kappa shape index (κ1) is 18.2. The molecule has 1 unspecified atom stereocenters. The molecule has 1 fully saturated rings. The lowest BCUT2D eigenvalue weighted by Crippen LogP contribution is -2.41. The molecule has 2 aromatic rings. The van der Waals surface area contributed by atoms with Crippen molar-refractivity contribution in [2.24, 2.45) is 0 Å². The van der Waals surface area contributed by atoms with Crippen LogP contribution in [0, 0.1) is 0 Å². The maximum Gasteiger partial charge on any atom is 0.317 e. The third-order valence-electron chi connectivity index (χ3n) is 4.41. The van der Waals surface area contributed by atoms with Crippen molar-refractivity contribution in [3.05, 3.63) is 70.7 Å². The van der Waals surface area contributed by atoms with Gasteiger partial charge in [0.05, 0.1) is 0 Å². The van der Waals surface area contributed by atoms with E-state index < -0.39 is 0 Å². The summed E-state index contributed by atoms with van der Waals surface area (Å²) in [5.74, 6) is 0.933. The van der Waals surface area contributed by atoms with E-state index in [2.05, 4.69) is 23.5 Å². The zero-order valence-electron chi connectivity index (χ0n) is 14.2. The smallest absolute Gasteiger partial charge is 0.317 e. The molecule has 1 aliphatic heterocycles. The average molecular weight is 375 g/mol. The van der Waals surface area contributed by atoms with Gasteiger partial charge in [0.25, 0.3) is 0 Å². The number of halogens is 1. The van der Waals surface area contributed by atoms with Gasteiger partial charge in [-0.2, -0.15) is 11.8 Å². The van der Waals surface area contributed by atoms with Gasteiger partial charge in [-0.25, -0.2) is 4.79 Å². The molecule has 1 aliphatic rings. The van der Waals surface area contributed by atoms with Crippen LogP contribution in [0.1, 0.15) is 22.8 Å². The zero-order valence-corrected chi connectivity index (χ0v) is 15.7. The Hall–Kier alpha value is -1.65. The van der Waals surface area contributed by atoms with E-state index in [1.807, 2.05) is 53.1 Å². The van der Waals surface area contributed by atoms with Gasteiger partial charge >= 0.3 is 6.03 Å². The molecule has 0 aromatic heterocycles. The van der Waals surface area contributed by atoms with Crippen LogP contribution in [0.5, 0.6) is 0 Å². The first-order valence-electron chi connectivity index (χ1n) is 8.67. The van der Waals surface area contributed by atoms with E-state index in [9.17, 15) is 4.79 Å². The molecule has 0 radical (unpaired) electrons. The minimum Gasteiger partial charge on any atom is -0.338 e. The fourth-order valence-corrected chi connectivity index (χ4v) is 4.63. The van der Waals surface area contributed by atoms with Gasteiger partial charge in [-0.05, 0) is 30.0 Å². The van der Waals surface area contributed by atoms with Crippen LogP contribution >= 0.6 is 23.4 Å². The number of rotatable bonds is 4. The average Bonchev–Trinajstić information content (AvgIpc) is 2.89. The molecule has 5 heteroatoms. The van der Waals surface area contributed by atoms with Crippen LogP contribution in [0.2, 0.25) is 5.02 Å². The van der Waals surface area contributed by atoms with E-state index in [1.54, 1.807) is 0 Å². The Morgan fingerprint density at radius 2 is 1.88 bits per heavy atom. The predicted octanol–water partition coefficient (Wildman–Crippen LogP) is 4.77. The molecule has 0 bridgehead atoms. The summed E-state index contributed by atoms with van der Waals surface area (Å²) in [5.41, 5.74) is 2.42. The predicted molar refractivity (Wildman–Crippen MR) is 106 cm³/mol. The Balaban J connectivity index is 1.49. The van der Waals surface area contributed by atoms with Crippen molar-refractivity contribution < 1.29 is 4.79 Å². The Bertz CT molecular complexity index is 695. The Morgan fingerprint density at radius 3 is 2.68 bits per heavy atom. The Labute approximate surface area is 158 Å². The topological polar surface area (TPSA) is 32.3 Å². The molecule has 1 atom stereocenters. The summed E-state index contributed by atoms with van der Waals surface area (Å²) in [6.07, 6.45) is 1.79. The number of hydrogen-bond donors (Lipinski definition) is 1. The Kier molecular flexibility index (Phi) is 6.65. The van der Waals surface area contributed by atoms with Gasteiger partial charge < -0.3 is 10.2 Å². The number of thioether (sulfide) groups is 1. The minimum atomic E-state index is 0.0383. The highest BCUT2D eigenvalue weighted by atomic mass is 35.5. The summed E-state index contributed by atoms with van der Waals surface area (Å²) in [7, 11) is 0. The number of nitrogens with one attached hydrogen (secondary N) is 1. The lowest BCUT2D eigenvalue weighted by Gasteiger charge is -2.21. The molecule has 25 heavy (non-hydrogen) atoms. The second kappa shape index (κ2) is 9.16. The van der Waals surface area contributed by atoms with E-state index in [4.69, 9.17) is 11.6 Å². The van der Waals surface area contributed by atoms with Crippen molar-refractivity contribution in [1.29, 1.82) is 0 Å². The number of hydrogen-bond acceptors (Lipinski definition) is 2. The van der Waals surface area contributed by atoms with E-state index in [0.29, 0.717) is 11.8 Å². The van der Waals surface area contributed by atoms with Gasteiger partial charge in [-0.3, -0.25) is 0 Å². The first-order chi connectivity index (χ1) is 12.2. The second-order valence-electron chi connectivity index (χ2n) is 6.12. The highest BCUT2D eigenvalue weighted by Gasteiger charge is 2.23. The maximum atomic E-state index is 12.4. The van der Waals surface area contributed by atoms with Gasteiger partial charge in [0.1, 0.15) is 0 Å². The molecule has 0 saturated carbocycles. The molecule has 1 saturated heterocycles. The Morgan fingerprint density at radius 1 is 1.12 bits per heavy atom. The van der Waals surface area contributed by atoms with Crippen LogP contribution in [-0.2, 0) is 6.42 Å². The summed E-state index contributed by atoms with van der Waals surface area (Å²) in [5, 5.41) is 4.22. The van der Waals surface area contributed by atoms with Gasteiger partial charge in [0.2, 0.25) is 0 Å². The molecule has 132 valence electrons. The number of benzene rings is 2. The molecular formula is C20H23ClN2OS. The van der Waals surface area contributed by atoms with Crippen LogP contribution < -0.4 is 5.32 Å². The van der Waals surface area contributed by atoms with E-state index in [0.717, 1.165) is 36.7 Å². The molecule has 2 aromatic carbocycles. The van der Waals surface area contributed by atoms with Crippen molar-refractivity contribution in [2.45, 2.75) is 18.1 Å². The third kappa shape index (κ3) is 5.16. The summed E-state index contributed by atoms with van der Waals surface area (Å²) in [4.78, 5) is 14.4. The number of urea groups is 1. The number of carbonyl (C=O) groups is 1. The quantitative estimate of drug-likeness (QED) is 0.835. The largest absolute Gasteiger partial charge is 0.338 e.